The molecule has 0 fully saturated rings. The van der Waals surface area contributed by atoms with Crippen molar-refractivity contribution >= 4 is 17.6 Å². The van der Waals surface area contributed by atoms with Crippen molar-refractivity contribution in [2.24, 2.45) is 11.7 Å². The monoisotopic (exact) mass is 250 g/mol. The fraction of sp³-hybridized carbons (Fsp3) is 0.385. The fourth-order valence-corrected chi connectivity index (χ4v) is 1.57. The molecule has 5 heteroatoms. The number of rotatable bonds is 4. The van der Waals surface area contributed by atoms with Gasteiger partial charge in [-0.15, -0.1) is 0 Å². The summed E-state index contributed by atoms with van der Waals surface area (Å²) in [7, 11) is 0. The molecule has 1 atom stereocenters. The normalized spacial score (nSPS) is 12.3. The highest BCUT2D eigenvalue weighted by atomic mass is 16.4. The number of carboxylic acid groups (broad SMARTS) is 1. The first-order valence-electron chi connectivity index (χ1n) is 5.74. The van der Waals surface area contributed by atoms with Gasteiger partial charge in [0.1, 0.15) is 0 Å². The Labute approximate surface area is 106 Å². The number of nitrogens with one attached hydrogen (secondary N) is 1. The van der Waals surface area contributed by atoms with Crippen LogP contribution in [0.3, 0.4) is 0 Å². The van der Waals surface area contributed by atoms with Crippen LogP contribution in [0.1, 0.15) is 29.8 Å². The van der Waals surface area contributed by atoms with Gasteiger partial charge in [-0.2, -0.15) is 0 Å². The average molecular weight is 250 g/mol. The van der Waals surface area contributed by atoms with Crippen molar-refractivity contribution in [3.8, 4) is 0 Å². The van der Waals surface area contributed by atoms with Crippen LogP contribution >= 0.6 is 0 Å². The lowest BCUT2D eigenvalue weighted by atomic mass is 10.0. The van der Waals surface area contributed by atoms with Crippen LogP contribution < -0.4 is 11.1 Å². The Morgan fingerprint density at radius 1 is 1.33 bits per heavy atom. The summed E-state index contributed by atoms with van der Waals surface area (Å²) < 4.78 is 0. The van der Waals surface area contributed by atoms with E-state index in [1.165, 1.54) is 0 Å². The second kappa shape index (κ2) is 5.64. The van der Waals surface area contributed by atoms with E-state index in [0.717, 1.165) is 0 Å². The Morgan fingerprint density at radius 2 is 1.94 bits per heavy atom. The lowest BCUT2D eigenvalue weighted by molar-refractivity contribution is -0.118. The zero-order chi connectivity index (χ0) is 13.9. The summed E-state index contributed by atoms with van der Waals surface area (Å²) in [5, 5.41) is 11.7. The summed E-state index contributed by atoms with van der Waals surface area (Å²) in [5.41, 5.74) is 6.69. The Kier molecular flexibility index (Phi) is 4.44. The van der Waals surface area contributed by atoms with Gasteiger partial charge in [-0.25, -0.2) is 4.79 Å². The minimum Gasteiger partial charge on any atom is -0.478 e. The number of aryl methyl sites for hydroxylation is 1. The molecule has 0 spiro atoms. The number of anilines is 1. The van der Waals surface area contributed by atoms with Crippen molar-refractivity contribution in [1.29, 1.82) is 0 Å². The van der Waals surface area contributed by atoms with Crippen molar-refractivity contribution in [1.82, 2.24) is 0 Å². The second-order valence-corrected chi connectivity index (χ2v) is 4.56. The molecule has 4 N–H and O–H groups in total. The van der Waals surface area contributed by atoms with Gasteiger partial charge in [0.05, 0.1) is 17.3 Å². The molecule has 0 heterocycles. The van der Waals surface area contributed by atoms with Gasteiger partial charge in [0.15, 0.2) is 0 Å². The molecule has 5 nitrogen and oxygen atoms in total. The summed E-state index contributed by atoms with van der Waals surface area (Å²) >= 11 is 0. The van der Waals surface area contributed by atoms with Crippen LogP contribution in [0.15, 0.2) is 18.2 Å². The van der Waals surface area contributed by atoms with E-state index in [2.05, 4.69) is 5.32 Å². The number of carbonyl (C=O) groups excluding carboxylic acids is 1. The van der Waals surface area contributed by atoms with E-state index in [4.69, 9.17) is 10.8 Å². The van der Waals surface area contributed by atoms with Gasteiger partial charge in [-0.1, -0.05) is 26.0 Å². The molecule has 0 aliphatic rings. The highest BCUT2D eigenvalue weighted by Crippen LogP contribution is 2.20. The van der Waals surface area contributed by atoms with Crippen molar-refractivity contribution in [2.75, 3.05) is 5.32 Å². The van der Waals surface area contributed by atoms with E-state index in [1.807, 2.05) is 13.8 Å². The summed E-state index contributed by atoms with van der Waals surface area (Å²) in [6.45, 7) is 5.35. The number of benzene rings is 1. The lowest BCUT2D eigenvalue weighted by Crippen LogP contribution is -2.40. The van der Waals surface area contributed by atoms with Gasteiger partial charge in [-0.05, 0) is 24.5 Å². The van der Waals surface area contributed by atoms with Crippen molar-refractivity contribution in [2.45, 2.75) is 26.8 Å². The standard InChI is InChI=1S/C13H18N2O3/c1-7(2)11(14)12(16)15-9-6-4-5-8(3)10(9)13(17)18/h4-7,11H,14H2,1-3H3,(H,15,16)(H,17,18). The van der Waals surface area contributed by atoms with Gasteiger partial charge in [-0.3, -0.25) is 4.79 Å². The third-order valence-electron chi connectivity index (χ3n) is 2.77. The molecule has 0 aliphatic heterocycles. The van der Waals surface area contributed by atoms with E-state index >= 15 is 0 Å². The topological polar surface area (TPSA) is 92.4 Å². The average Bonchev–Trinajstić information content (AvgIpc) is 2.27. The molecule has 0 bridgehead atoms. The molecule has 1 aromatic rings. The molecule has 0 saturated carbocycles. The predicted molar refractivity (Wildman–Crippen MR) is 69.6 cm³/mol. The van der Waals surface area contributed by atoms with Crippen LogP contribution in [0.2, 0.25) is 0 Å². The summed E-state index contributed by atoms with van der Waals surface area (Å²) in [6.07, 6.45) is 0. The SMILES string of the molecule is Cc1cccc(NC(=O)C(N)C(C)C)c1C(=O)O. The number of nitrogens with two attached hydrogens (primary N) is 1. The molecular formula is C13H18N2O3. The van der Waals surface area contributed by atoms with E-state index in [1.54, 1.807) is 25.1 Å². The largest absolute Gasteiger partial charge is 0.478 e. The third-order valence-corrected chi connectivity index (χ3v) is 2.77. The summed E-state index contributed by atoms with van der Waals surface area (Å²) in [4.78, 5) is 23.0. The van der Waals surface area contributed by atoms with Gasteiger partial charge in [0.25, 0.3) is 0 Å². The zero-order valence-electron chi connectivity index (χ0n) is 10.7. The summed E-state index contributed by atoms with van der Waals surface area (Å²) in [6, 6.07) is 4.27. The Hall–Kier alpha value is -1.88. The van der Waals surface area contributed by atoms with Crippen molar-refractivity contribution in [3.05, 3.63) is 29.3 Å². The highest BCUT2D eigenvalue weighted by molar-refractivity contribution is 6.03. The van der Waals surface area contributed by atoms with E-state index < -0.39 is 12.0 Å². The van der Waals surface area contributed by atoms with E-state index in [9.17, 15) is 9.59 Å². The van der Waals surface area contributed by atoms with Gasteiger partial charge < -0.3 is 16.2 Å². The van der Waals surface area contributed by atoms with Crippen LogP contribution in [0.4, 0.5) is 5.69 Å². The number of hydrogen-bond acceptors (Lipinski definition) is 3. The Morgan fingerprint density at radius 3 is 2.44 bits per heavy atom. The van der Waals surface area contributed by atoms with Crippen molar-refractivity contribution < 1.29 is 14.7 Å². The third kappa shape index (κ3) is 3.07. The number of carboxylic acids is 1. The molecule has 1 amide bonds. The molecule has 1 aromatic carbocycles. The number of aromatic carboxylic acids is 1. The smallest absolute Gasteiger partial charge is 0.338 e. The van der Waals surface area contributed by atoms with Crippen LogP contribution in [0, 0.1) is 12.8 Å². The number of amides is 1. The predicted octanol–water partition coefficient (Wildman–Crippen LogP) is 1.62. The minimum atomic E-state index is -1.07. The molecule has 0 aliphatic carbocycles. The quantitative estimate of drug-likeness (QED) is 0.757. The first-order chi connectivity index (χ1) is 8.34. The molecular weight excluding hydrogens is 232 g/mol. The maximum absolute atomic E-state index is 11.8. The van der Waals surface area contributed by atoms with E-state index in [-0.39, 0.29) is 23.1 Å². The van der Waals surface area contributed by atoms with Gasteiger partial charge in [0, 0.05) is 0 Å². The molecule has 0 aromatic heterocycles. The van der Waals surface area contributed by atoms with Crippen molar-refractivity contribution in [3.63, 3.8) is 0 Å². The molecule has 1 rings (SSSR count). The Bertz CT molecular complexity index is 469. The first-order valence-corrected chi connectivity index (χ1v) is 5.74. The van der Waals surface area contributed by atoms with Crippen LogP contribution in [-0.4, -0.2) is 23.0 Å². The molecule has 0 saturated heterocycles. The maximum atomic E-state index is 11.8. The molecule has 18 heavy (non-hydrogen) atoms. The second-order valence-electron chi connectivity index (χ2n) is 4.56. The van der Waals surface area contributed by atoms with Gasteiger partial charge >= 0.3 is 5.97 Å². The zero-order valence-corrected chi connectivity index (χ0v) is 10.7. The minimum absolute atomic E-state index is 0.0110. The van der Waals surface area contributed by atoms with Crippen LogP contribution in [-0.2, 0) is 4.79 Å². The van der Waals surface area contributed by atoms with E-state index in [0.29, 0.717) is 5.56 Å². The maximum Gasteiger partial charge on any atom is 0.338 e. The van der Waals surface area contributed by atoms with Crippen LogP contribution in [0.5, 0.6) is 0 Å². The summed E-state index contributed by atoms with van der Waals surface area (Å²) in [5.74, 6) is -1.46. The molecule has 0 radical (unpaired) electrons. The highest BCUT2D eigenvalue weighted by Gasteiger charge is 2.20. The first kappa shape index (κ1) is 14.2. The fourth-order valence-electron chi connectivity index (χ4n) is 1.57. The number of carbonyl (C=O) groups is 2. The number of hydrogen-bond donors (Lipinski definition) is 3. The Balaban J connectivity index is 3.02. The lowest BCUT2D eigenvalue weighted by Gasteiger charge is -2.17. The molecule has 1 unspecified atom stereocenters. The van der Waals surface area contributed by atoms with Gasteiger partial charge in [0.2, 0.25) is 5.91 Å². The molecule has 98 valence electrons. The van der Waals surface area contributed by atoms with Crippen LogP contribution in [0.25, 0.3) is 0 Å².